The third-order valence-corrected chi connectivity index (χ3v) is 2.20. The van der Waals surface area contributed by atoms with Gasteiger partial charge in [0, 0.05) is 17.8 Å². The average Bonchev–Trinajstić information content (AvgIpc) is 2.37. The van der Waals surface area contributed by atoms with Crippen molar-refractivity contribution >= 4 is 5.97 Å². The highest BCUT2D eigenvalue weighted by atomic mass is 16.5. The zero-order chi connectivity index (χ0) is 9.84. The van der Waals surface area contributed by atoms with Crippen LogP contribution in [0.5, 0.6) is 0 Å². The van der Waals surface area contributed by atoms with Gasteiger partial charge in [-0.1, -0.05) is 0 Å². The summed E-state index contributed by atoms with van der Waals surface area (Å²) in [6, 6.07) is 0.320. The van der Waals surface area contributed by atoms with E-state index in [4.69, 9.17) is 10.6 Å². The van der Waals surface area contributed by atoms with E-state index < -0.39 is 0 Å². The summed E-state index contributed by atoms with van der Waals surface area (Å²) in [5.74, 6) is 5.42. The Morgan fingerprint density at radius 2 is 2.54 bits per heavy atom. The smallest absolute Gasteiger partial charge is 0.332 e. The molecule has 0 saturated carbocycles. The molecule has 0 radical (unpaired) electrons. The molecule has 0 aromatic rings. The van der Waals surface area contributed by atoms with Crippen LogP contribution in [-0.4, -0.2) is 23.6 Å². The molecule has 1 atom stereocenters. The van der Waals surface area contributed by atoms with E-state index >= 15 is 0 Å². The van der Waals surface area contributed by atoms with Gasteiger partial charge < -0.3 is 9.75 Å². The molecule has 4 heteroatoms. The average molecular weight is 184 g/mol. The van der Waals surface area contributed by atoms with Crippen LogP contribution in [0.15, 0.2) is 11.8 Å². The molecule has 0 spiro atoms. The molecule has 0 amide bonds. The van der Waals surface area contributed by atoms with E-state index in [1.807, 2.05) is 6.92 Å². The minimum Gasteiger partial charge on any atom is -0.463 e. The summed E-state index contributed by atoms with van der Waals surface area (Å²) in [6.45, 7) is 4.22. The van der Waals surface area contributed by atoms with Crippen molar-refractivity contribution in [2.75, 3.05) is 6.61 Å². The van der Waals surface area contributed by atoms with Crippen LogP contribution in [0.2, 0.25) is 0 Å². The molecule has 0 aliphatic carbocycles. The maximum atomic E-state index is 11.1. The maximum Gasteiger partial charge on any atom is 0.332 e. The van der Waals surface area contributed by atoms with Crippen molar-refractivity contribution in [3.8, 4) is 0 Å². The Kier molecular flexibility index (Phi) is 3.31. The van der Waals surface area contributed by atoms with Crippen LogP contribution in [-0.2, 0) is 9.53 Å². The summed E-state index contributed by atoms with van der Waals surface area (Å²) >= 11 is 0. The first-order chi connectivity index (χ1) is 6.15. The summed E-state index contributed by atoms with van der Waals surface area (Å²) in [5.41, 5.74) is 0.867. The standard InChI is InChI=1S/C9H16N2O2/c1-3-13-9(12)6-8-5-4-7(2)11(8)10/h6-7H,3-5,10H2,1-2H3/b8-6+/t7-/m1/s1. The molecule has 13 heavy (non-hydrogen) atoms. The summed E-state index contributed by atoms with van der Waals surface area (Å²) in [5, 5.41) is 1.64. The van der Waals surface area contributed by atoms with Gasteiger partial charge in [0.1, 0.15) is 0 Å². The van der Waals surface area contributed by atoms with Gasteiger partial charge in [0.2, 0.25) is 0 Å². The minimum atomic E-state index is -0.304. The van der Waals surface area contributed by atoms with Gasteiger partial charge in [0.15, 0.2) is 0 Å². The lowest BCUT2D eigenvalue weighted by atomic mass is 10.2. The van der Waals surface area contributed by atoms with Crippen molar-refractivity contribution in [3.05, 3.63) is 11.8 Å². The molecule has 1 aliphatic rings. The van der Waals surface area contributed by atoms with Crippen molar-refractivity contribution in [1.82, 2.24) is 5.01 Å². The largest absolute Gasteiger partial charge is 0.463 e. The summed E-state index contributed by atoms with van der Waals surface area (Å²) in [6.07, 6.45) is 3.34. The number of nitrogens with zero attached hydrogens (tertiary/aromatic N) is 1. The second-order valence-corrected chi connectivity index (χ2v) is 3.18. The number of allylic oxidation sites excluding steroid dienone is 1. The maximum absolute atomic E-state index is 11.1. The Balaban J connectivity index is 2.56. The first kappa shape index (κ1) is 10.1. The summed E-state index contributed by atoms with van der Waals surface area (Å²) in [7, 11) is 0. The van der Waals surface area contributed by atoms with Gasteiger partial charge in [-0.2, -0.15) is 0 Å². The van der Waals surface area contributed by atoms with Crippen molar-refractivity contribution in [3.63, 3.8) is 0 Å². The van der Waals surface area contributed by atoms with E-state index in [1.165, 1.54) is 6.08 Å². The predicted octanol–water partition coefficient (Wildman–Crippen LogP) is 0.791. The number of esters is 1. The van der Waals surface area contributed by atoms with E-state index in [9.17, 15) is 4.79 Å². The zero-order valence-corrected chi connectivity index (χ0v) is 8.12. The highest BCUT2D eigenvalue weighted by Crippen LogP contribution is 2.22. The van der Waals surface area contributed by atoms with Crippen molar-refractivity contribution in [1.29, 1.82) is 0 Å². The molecule has 0 aromatic carbocycles. The minimum absolute atomic E-state index is 0.304. The molecule has 2 N–H and O–H groups in total. The monoisotopic (exact) mass is 184 g/mol. The van der Waals surface area contributed by atoms with Crippen molar-refractivity contribution < 1.29 is 9.53 Å². The summed E-state index contributed by atoms with van der Waals surface area (Å²) in [4.78, 5) is 11.1. The Morgan fingerprint density at radius 3 is 3.00 bits per heavy atom. The van der Waals surface area contributed by atoms with Gasteiger partial charge >= 0.3 is 5.97 Å². The highest BCUT2D eigenvalue weighted by molar-refractivity contribution is 5.82. The van der Waals surface area contributed by atoms with E-state index in [0.717, 1.165) is 18.5 Å². The Bertz CT molecular complexity index is 226. The Morgan fingerprint density at radius 1 is 1.85 bits per heavy atom. The molecule has 0 aromatic heterocycles. The van der Waals surface area contributed by atoms with E-state index in [1.54, 1.807) is 11.9 Å². The molecule has 1 heterocycles. The number of nitrogens with two attached hydrogens (primary N) is 1. The fraction of sp³-hybridized carbons (Fsp3) is 0.667. The number of hydrogen-bond acceptors (Lipinski definition) is 4. The lowest BCUT2D eigenvalue weighted by Crippen LogP contribution is -2.32. The Hall–Kier alpha value is -1.03. The quantitative estimate of drug-likeness (QED) is 0.391. The predicted molar refractivity (Wildman–Crippen MR) is 49.4 cm³/mol. The van der Waals surface area contributed by atoms with Crippen molar-refractivity contribution in [2.24, 2.45) is 5.84 Å². The van der Waals surface area contributed by atoms with Gasteiger partial charge in [0.25, 0.3) is 0 Å². The first-order valence-electron chi connectivity index (χ1n) is 4.56. The van der Waals surface area contributed by atoms with Crippen LogP contribution in [0.3, 0.4) is 0 Å². The molecule has 1 rings (SSSR count). The molecule has 74 valence electrons. The van der Waals surface area contributed by atoms with Gasteiger partial charge in [-0.15, -0.1) is 0 Å². The van der Waals surface area contributed by atoms with Crippen molar-refractivity contribution in [2.45, 2.75) is 32.7 Å². The third-order valence-electron chi connectivity index (χ3n) is 2.20. The normalized spacial score (nSPS) is 25.3. The van der Waals surface area contributed by atoms with Gasteiger partial charge in [0.05, 0.1) is 6.61 Å². The fourth-order valence-corrected chi connectivity index (χ4v) is 1.37. The van der Waals surface area contributed by atoms with E-state index in [2.05, 4.69) is 0 Å². The Labute approximate surface area is 78.3 Å². The molecular weight excluding hydrogens is 168 g/mol. The molecule has 1 fully saturated rings. The number of hydrogen-bond donors (Lipinski definition) is 1. The zero-order valence-electron chi connectivity index (χ0n) is 8.12. The topological polar surface area (TPSA) is 55.6 Å². The first-order valence-corrected chi connectivity index (χ1v) is 4.56. The van der Waals surface area contributed by atoms with Gasteiger partial charge in [-0.05, 0) is 26.7 Å². The van der Waals surface area contributed by atoms with E-state index in [0.29, 0.717) is 12.6 Å². The van der Waals surface area contributed by atoms with Crippen LogP contribution in [0.1, 0.15) is 26.7 Å². The third kappa shape index (κ3) is 2.45. The molecule has 4 nitrogen and oxygen atoms in total. The van der Waals surface area contributed by atoms with Gasteiger partial charge in [-0.3, -0.25) is 0 Å². The lowest BCUT2D eigenvalue weighted by molar-refractivity contribution is -0.137. The molecule has 0 unspecified atom stereocenters. The van der Waals surface area contributed by atoms with Crippen LogP contribution in [0.4, 0.5) is 0 Å². The van der Waals surface area contributed by atoms with Crippen LogP contribution in [0, 0.1) is 0 Å². The number of carbonyl (C=O) groups excluding carboxylic acids is 1. The van der Waals surface area contributed by atoms with Crippen LogP contribution in [0.25, 0.3) is 0 Å². The molecule has 1 saturated heterocycles. The highest BCUT2D eigenvalue weighted by Gasteiger charge is 2.22. The second-order valence-electron chi connectivity index (χ2n) is 3.18. The fourth-order valence-electron chi connectivity index (χ4n) is 1.37. The van der Waals surface area contributed by atoms with Crippen LogP contribution < -0.4 is 5.84 Å². The van der Waals surface area contributed by atoms with Gasteiger partial charge in [-0.25, -0.2) is 10.6 Å². The SMILES string of the molecule is CCOC(=O)/C=C1\CC[C@@H](C)N1N. The molecule has 1 aliphatic heterocycles. The van der Waals surface area contributed by atoms with Crippen LogP contribution >= 0.6 is 0 Å². The number of hydrazine groups is 1. The lowest BCUT2D eigenvalue weighted by Gasteiger charge is -2.17. The number of rotatable bonds is 2. The van der Waals surface area contributed by atoms with E-state index in [-0.39, 0.29) is 5.97 Å². The summed E-state index contributed by atoms with van der Waals surface area (Å²) < 4.78 is 4.79. The second kappa shape index (κ2) is 4.28. The molecular formula is C9H16N2O2. The molecule has 0 bridgehead atoms. The number of carbonyl (C=O) groups is 1. The number of ether oxygens (including phenoxy) is 1.